The SMILES string of the molecule is CC(C)C(NC(=O)CSc1nc2ccccc2s1)c1ccc2c(c1)OCCCO2. The predicted octanol–water partition coefficient (Wildman–Crippen LogP) is 5.06. The number of thiazole rings is 1. The molecule has 1 N–H and O–H groups in total. The third-order valence-corrected chi connectivity index (χ3v) is 6.89. The molecule has 0 saturated carbocycles. The number of nitrogens with zero attached hydrogens (tertiary/aromatic N) is 1. The molecule has 1 unspecified atom stereocenters. The summed E-state index contributed by atoms with van der Waals surface area (Å²) in [5, 5.41) is 3.18. The summed E-state index contributed by atoms with van der Waals surface area (Å²) >= 11 is 3.10. The molecule has 1 aromatic heterocycles. The topological polar surface area (TPSA) is 60.5 Å². The number of rotatable bonds is 6. The highest BCUT2D eigenvalue weighted by atomic mass is 32.2. The van der Waals surface area contributed by atoms with Crippen molar-refractivity contribution in [3.05, 3.63) is 48.0 Å². The zero-order valence-corrected chi connectivity index (χ0v) is 18.1. The molecule has 0 saturated heterocycles. The maximum absolute atomic E-state index is 12.7. The molecule has 0 radical (unpaired) electrons. The Balaban J connectivity index is 1.42. The summed E-state index contributed by atoms with van der Waals surface area (Å²) in [4.78, 5) is 17.2. The molecule has 2 aromatic carbocycles. The fourth-order valence-corrected chi connectivity index (χ4v) is 5.14. The summed E-state index contributed by atoms with van der Waals surface area (Å²) < 4.78 is 13.6. The lowest BCUT2D eigenvalue weighted by Gasteiger charge is -2.23. The Morgan fingerprint density at radius 3 is 2.76 bits per heavy atom. The molecule has 1 atom stereocenters. The number of nitrogens with one attached hydrogen (secondary N) is 1. The number of para-hydroxylation sites is 1. The number of fused-ring (bicyclic) bond motifs is 2. The lowest BCUT2D eigenvalue weighted by Crippen LogP contribution is -2.33. The van der Waals surface area contributed by atoms with Gasteiger partial charge >= 0.3 is 0 Å². The van der Waals surface area contributed by atoms with Crippen LogP contribution < -0.4 is 14.8 Å². The van der Waals surface area contributed by atoms with E-state index in [1.807, 2.05) is 36.4 Å². The predicted molar refractivity (Wildman–Crippen MR) is 118 cm³/mol. The zero-order chi connectivity index (χ0) is 20.2. The first-order chi connectivity index (χ1) is 14.1. The van der Waals surface area contributed by atoms with Gasteiger partial charge in [-0.05, 0) is 35.7 Å². The molecule has 0 fully saturated rings. The number of benzene rings is 2. The van der Waals surface area contributed by atoms with Crippen LogP contribution in [0.4, 0.5) is 0 Å². The van der Waals surface area contributed by atoms with Crippen molar-refractivity contribution in [2.45, 2.75) is 30.6 Å². The van der Waals surface area contributed by atoms with E-state index in [4.69, 9.17) is 9.47 Å². The largest absolute Gasteiger partial charge is 0.490 e. The van der Waals surface area contributed by atoms with Gasteiger partial charge in [-0.1, -0.05) is 43.8 Å². The molecule has 5 nitrogen and oxygen atoms in total. The molecule has 1 aliphatic heterocycles. The summed E-state index contributed by atoms with van der Waals surface area (Å²) in [6, 6.07) is 13.9. The van der Waals surface area contributed by atoms with Gasteiger partial charge in [0.05, 0.1) is 35.2 Å². The zero-order valence-electron chi connectivity index (χ0n) is 16.5. The first-order valence-electron chi connectivity index (χ1n) is 9.77. The summed E-state index contributed by atoms with van der Waals surface area (Å²) in [6.45, 7) is 5.52. The molecule has 0 aliphatic carbocycles. The molecule has 3 aromatic rings. The second kappa shape index (κ2) is 9.05. The number of carbonyl (C=O) groups is 1. The van der Waals surface area contributed by atoms with Crippen molar-refractivity contribution in [1.82, 2.24) is 10.3 Å². The first kappa shape index (κ1) is 20.0. The second-order valence-corrected chi connectivity index (χ2v) is 9.54. The summed E-state index contributed by atoms with van der Waals surface area (Å²) in [6.07, 6.45) is 0.872. The van der Waals surface area contributed by atoms with Crippen LogP contribution in [0, 0.1) is 5.92 Å². The number of amides is 1. The van der Waals surface area contributed by atoms with E-state index < -0.39 is 0 Å². The standard InChI is InChI=1S/C22H24N2O3S2/c1-14(2)21(15-8-9-17-18(12-15)27-11-5-10-26-17)24-20(25)13-28-22-23-16-6-3-4-7-19(16)29-22/h3-4,6-9,12,14,21H,5,10-11,13H2,1-2H3,(H,24,25). The Hall–Kier alpha value is -2.25. The van der Waals surface area contributed by atoms with E-state index in [1.54, 1.807) is 11.3 Å². The molecular formula is C22H24N2O3S2. The van der Waals surface area contributed by atoms with Crippen LogP contribution in [0.3, 0.4) is 0 Å². The quantitative estimate of drug-likeness (QED) is 0.556. The first-order valence-corrected chi connectivity index (χ1v) is 11.6. The highest BCUT2D eigenvalue weighted by Crippen LogP contribution is 2.34. The van der Waals surface area contributed by atoms with Crippen molar-refractivity contribution in [3.63, 3.8) is 0 Å². The van der Waals surface area contributed by atoms with Gasteiger partial charge in [0, 0.05) is 6.42 Å². The van der Waals surface area contributed by atoms with Crippen LogP contribution in [0.2, 0.25) is 0 Å². The van der Waals surface area contributed by atoms with E-state index in [9.17, 15) is 4.79 Å². The third-order valence-electron chi connectivity index (χ3n) is 4.71. The molecule has 7 heteroatoms. The molecule has 2 heterocycles. The van der Waals surface area contributed by atoms with E-state index in [0.717, 1.165) is 38.0 Å². The third kappa shape index (κ3) is 4.85. The number of hydrogen-bond acceptors (Lipinski definition) is 6. The van der Waals surface area contributed by atoms with Crippen LogP contribution in [-0.4, -0.2) is 29.9 Å². The Morgan fingerprint density at radius 2 is 1.97 bits per heavy atom. The average Bonchev–Trinajstić information content (AvgIpc) is 2.99. The van der Waals surface area contributed by atoms with Crippen LogP contribution in [0.1, 0.15) is 31.9 Å². The molecule has 1 amide bonds. The van der Waals surface area contributed by atoms with E-state index >= 15 is 0 Å². The molecule has 0 spiro atoms. The van der Waals surface area contributed by atoms with E-state index in [-0.39, 0.29) is 17.9 Å². The maximum atomic E-state index is 12.7. The van der Waals surface area contributed by atoms with Crippen molar-refractivity contribution in [2.24, 2.45) is 5.92 Å². The molecule has 0 bridgehead atoms. The average molecular weight is 429 g/mol. The lowest BCUT2D eigenvalue weighted by molar-refractivity contribution is -0.119. The van der Waals surface area contributed by atoms with Gasteiger partial charge in [-0.2, -0.15) is 0 Å². The van der Waals surface area contributed by atoms with Gasteiger partial charge in [-0.3, -0.25) is 4.79 Å². The minimum atomic E-state index is -0.0874. The summed E-state index contributed by atoms with van der Waals surface area (Å²) in [7, 11) is 0. The molecular weight excluding hydrogens is 404 g/mol. The van der Waals surface area contributed by atoms with Gasteiger partial charge in [0.15, 0.2) is 15.8 Å². The highest BCUT2D eigenvalue weighted by molar-refractivity contribution is 8.01. The number of ether oxygens (including phenoxy) is 2. The second-order valence-electron chi connectivity index (χ2n) is 7.28. The van der Waals surface area contributed by atoms with Gasteiger partial charge in [0.1, 0.15) is 0 Å². The van der Waals surface area contributed by atoms with Gasteiger partial charge in [-0.15, -0.1) is 11.3 Å². The van der Waals surface area contributed by atoms with Crippen molar-refractivity contribution in [2.75, 3.05) is 19.0 Å². The van der Waals surface area contributed by atoms with Crippen LogP contribution in [0.15, 0.2) is 46.8 Å². The molecule has 1 aliphatic rings. The van der Waals surface area contributed by atoms with E-state index in [0.29, 0.717) is 19.0 Å². The van der Waals surface area contributed by atoms with Gasteiger partial charge in [-0.25, -0.2) is 4.98 Å². The molecule has 152 valence electrons. The Morgan fingerprint density at radius 1 is 1.17 bits per heavy atom. The minimum Gasteiger partial charge on any atom is -0.490 e. The number of carbonyl (C=O) groups excluding carboxylic acids is 1. The number of aromatic nitrogens is 1. The van der Waals surface area contributed by atoms with Crippen molar-refractivity contribution >= 4 is 39.2 Å². The van der Waals surface area contributed by atoms with Crippen LogP contribution in [0.5, 0.6) is 11.5 Å². The lowest BCUT2D eigenvalue weighted by atomic mass is 9.95. The molecule has 4 rings (SSSR count). The Kier molecular flexibility index (Phi) is 6.25. The van der Waals surface area contributed by atoms with E-state index in [1.165, 1.54) is 11.8 Å². The number of hydrogen-bond donors (Lipinski definition) is 1. The van der Waals surface area contributed by atoms with Crippen LogP contribution in [-0.2, 0) is 4.79 Å². The van der Waals surface area contributed by atoms with E-state index in [2.05, 4.69) is 30.2 Å². The van der Waals surface area contributed by atoms with Crippen molar-refractivity contribution in [3.8, 4) is 11.5 Å². The summed E-state index contributed by atoms with van der Waals surface area (Å²) in [5.74, 6) is 2.11. The Labute approximate surface area is 178 Å². The fraction of sp³-hybridized carbons (Fsp3) is 0.364. The Bertz CT molecular complexity index is 970. The normalized spacial score (nSPS) is 14.6. The number of thioether (sulfide) groups is 1. The minimum absolute atomic E-state index is 0.0000624. The maximum Gasteiger partial charge on any atom is 0.230 e. The monoisotopic (exact) mass is 428 g/mol. The fourth-order valence-electron chi connectivity index (χ4n) is 3.26. The van der Waals surface area contributed by atoms with Gasteiger partial charge in [0.2, 0.25) is 5.91 Å². The van der Waals surface area contributed by atoms with Crippen molar-refractivity contribution in [1.29, 1.82) is 0 Å². The van der Waals surface area contributed by atoms with Crippen LogP contribution >= 0.6 is 23.1 Å². The van der Waals surface area contributed by atoms with Gasteiger partial charge < -0.3 is 14.8 Å². The smallest absolute Gasteiger partial charge is 0.230 e. The summed E-state index contributed by atoms with van der Waals surface area (Å²) in [5.41, 5.74) is 2.01. The van der Waals surface area contributed by atoms with Crippen molar-refractivity contribution < 1.29 is 14.3 Å². The van der Waals surface area contributed by atoms with Gasteiger partial charge in [0.25, 0.3) is 0 Å². The van der Waals surface area contributed by atoms with Crippen LogP contribution in [0.25, 0.3) is 10.2 Å². The molecule has 29 heavy (non-hydrogen) atoms. The highest BCUT2D eigenvalue weighted by Gasteiger charge is 2.21.